The smallest absolute Gasteiger partial charge is 0.245 e. The van der Waals surface area contributed by atoms with Gasteiger partial charge in [-0.1, -0.05) is 42.8 Å². The highest BCUT2D eigenvalue weighted by Crippen LogP contribution is 2.28. The molecule has 2 aromatic rings. The number of nitrogens with zero attached hydrogens (tertiary/aromatic N) is 1. The molecule has 0 unspecified atom stereocenters. The molecule has 2 aromatic carbocycles. The summed E-state index contributed by atoms with van der Waals surface area (Å²) in [6, 6.07) is 10.8. The highest BCUT2D eigenvalue weighted by Gasteiger charge is 2.24. The Morgan fingerprint density at radius 3 is 2.42 bits per heavy atom. The van der Waals surface area contributed by atoms with E-state index in [-0.39, 0.29) is 6.54 Å². The number of halogens is 1. The fourth-order valence-electron chi connectivity index (χ4n) is 2.73. The van der Waals surface area contributed by atoms with E-state index in [2.05, 4.69) is 5.32 Å². The Bertz CT molecular complexity index is 926. The van der Waals surface area contributed by atoms with Gasteiger partial charge < -0.3 is 5.32 Å². The van der Waals surface area contributed by atoms with E-state index in [1.165, 1.54) is 0 Å². The molecule has 0 atom stereocenters. The molecule has 2 rings (SSSR count). The zero-order valence-electron chi connectivity index (χ0n) is 15.3. The minimum absolute atomic E-state index is 0.303. The Kier molecular flexibility index (Phi) is 6.31. The maximum absolute atomic E-state index is 12.5. The molecule has 26 heavy (non-hydrogen) atoms. The number of rotatable bonds is 6. The van der Waals surface area contributed by atoms with Gasteiger partial charge in [0.2, 0.25) is 15.9 Å². The van der Waals surface area contributed by atoms with Crippen LogP contribution in [0.5, 0.6) is 0 Å². The Hall–Kier alpha value is -2.05. The van der Waals surface area contributed by atoms with Crippen molar-refractivity contribution in [3.8, 4) is 0 Å². The van der Waals surface area contributed by atoms with E-state index in [1.807, 2.05) is 39.0 Å². The highest BCUT2D eigenvalue weighted by molar-refractivity contribution is 7.92. The quantitative estimate of drug-likeness (QED) is 0.807. The van der Waals surface area contributed by atoms with Crippen LogP contribution in [0.1, 0.15) is 23.6 Å². The fraction of sp³-hybridized carbons (Fsp3) is 0.316. The van der Waals surface area contributed by atoms with Gasteiger partial charge in [-0.2, -0.15) is 0 Å². The number of aryl methyl sites for hydroxylation is 3. The van der Waals surface area contributed by atoms with Crippen molar-refractivity contribution in [2.24, 2.45) is 0 Å². The van der Waals surface area contributed by atoms with Crippen LogP contribution in [0.25, 0.3) is 0 Å². The number of anilines is 2. The molecule has 0 aromatic heterocycles. The molecule has 0 fully saturated rings. The Morgan fingerprint density at radius 1 is 1.15 bits per heavy atom. The van der Waals surface area contributed by atoms with Gasteiger partial charge in [-0.15, -0.1) is 0 Å². The summed E-state index contributed by atoms with van der Waals surface area (Å²) in [5.74, 6) is -0.430. The first-order valence-electron chi connectivity index (χ1n) is 8.25. The van der Waals surface area contributed by atoms with Gasteiger partial charge in [0, 0.05) is 10.7 Å². The van der Waals surface area contributed by atoms with Crippen LogP contribution in [0.3, 0.4) is 0 Å². The molecule has 0 aliphatic heterocycles. The monoisotopic (exact) mass is 394 g/mol. The van der Waals surface area contributed by atoms with E-state index < -0.39 is 15.9 Å². The lowest BCUT2D eigenvalue weighted by molar-refractivity contribution is -0.114. The van der Waals surface area contributed by atoms with Crippen molar-refractivity contribution in [1.82, 2.24) is 0 Å². The van der Waals surface area contributed by atoms with Gasteiger partial charge in [0.1, 0.15) is 6.54 Å². The number of hydrogen-bond donors (Lipinski definition) is 1. The summed E-state index contributed by atoms with van der Waals surface area (Å²) in [5.41, 5.74) is 3.67. The number of hydrogen-bond acceptors (Lipinski definition) is 3. The number of carbonyl (C=O) groups excluding carboxylic acids is 1. The van der Waals surface area contributed by atoms with Crippen LogP contribution in [-0.2, 0) is 21.2 Å². The molecule has 1 N–H and O–H groups in total. The van der Waals surface area contributed by atoms with Crippen LogP contribution in [0.15, 0.2) is 36.4 Å². The second-order valence-electron chi connectivity index (χ2n) is 6.22. The third kappa shape index (κ3) is 4.77. The number of amides is 1. The Morgan fingerprint density at radius 2 is 1.85 bits per heavy atom. The van der Waals surface area contributed by atoms with Crippen molar-refractivity contribution >= 4 is 38.9 Å². The van der Waals surface area contributed by atoms with E-state index in [0.717, 1.165) is 27.3 Å². The third-order valence-corrected chi connectivity index (χ3v) is 5.61. The number of nitrogens with one attached hydrogen (secondary N) is 1. The Labute approximate surface area is 160 Å². The van der Waals surface area contributed by atoms with Crippen LogP contribution in [0.2, 0.25) is 5.02 Å². The molecule has 0 radical (unpaired) electrons. The van der Waals surface area contributed by atoms with Crippen LogP contribution in [0.4, 0.5) is 11.4 Å². The average Bonchev–Trinajstić information content (AvgIpc) is 2.55. The van der Waals surface area contributed by atoms with Crippen LogP contribution in [-0.4, -0.2) is 27.1 Å². The first kappa shape index (κ1) is 20.3. The second-order valence-corrected chi connectivity index (χ2v) is 8.53. The van der Waals surface area contributed by atoms with Crippen LogP contribution < -0.4 is 9.62 Å². The van der Waals surface area contributed by atoms with E-state index in [1.54, 1.807) is 18.2 Å². The maximum atomic E-state index is 12.5. The lowest BCUT2D eigenvalue weighted by atomic mass is 10.1. The molecule has 0 saturated carbocycles. The van der Waals surface area contributed by atoms with E-state index in [4.69, 9.17) is 11.6 Å². The van der Waals surface area contributed by atoms with Crippen molar-refractivity contribution in [2.45, 2.75) is 27.2 Å². The SMILES string of the molecule is CCc1cccc(C)c1N(CC(=O)Nc1ccc(C)c(Cl)c1)S(C)(=O)=O. The highest BCUT2D eigenvalue weighted by atomic mass is 35.5. The molecule has 0 aliphatic rings. The number of para-hydroxylation sites is 1. The zero-order chi connectivity index (χ0) is 19.5. The number of sulfonamides is 1. The van der Waals surface area contributed by atoms with Crippen molar-refractivity contribution < 1.29 is 13.2 Å². The van der Waals surface area contributed by atoms with Gasteiger partial charge in [0.25, 0.3) is 0 Å². The van der Waals surface area contributed by atoms with Crippen molar-refractivity contribution in [1.29, 1.82) is 0 Å². The molecule has 7 heteroatoms. The van der Waals surface area contributed by atoms with E-state index in [0.29, 0.717) is 22.8 Å². The first-order valence-corrected chi connectivity index (χ1v) is 10.5. The van der Waals surface area contributed by atoms with Gasteiger partial charge >= 0.3 is 0 Å². The molecule has 0 bridgehead atoms. The number of benzene rings is 2. The summed E-state index contributed by atoms with van der Waals surface area (Å²) in [5, 5.41) is 3.25. The van der Waals surface area contributed by atoms with E-state index >= 15 is 0 Å². The van der Waals surface area contributed by atoms with Crippen molar-refractivity contribution in [3.63, 3.8) is 0 Å². The number of carbonyl (C=O) groups is 1. The summed E-state index contributed by atoms with van der Waals surface area (Å²) >= 11 is 6.07. The van der Waals surface area contributed by atoms with Gasteiger partial charge in [0.05, 0.1) is 11.9 Å². The minimum Gasteiger partial charge on any atom is -0.324 e. The average molecular weight is 395 g/mol. The third-order valence-electron chi connectivity index (χ3n) is 4.09. The normalized spacial score (nSPS) is 11.3. The van der Waals surface area contributed by atoms with Gasteiger partial charge in [0.15, 0.2) is 0 Å². The lowest BCUT2D eigenvalue weighted by Gasteiger charge is -2.26. The van der Waals surface area contributed by atoms with Crippen LogP contribution in [0, 0.1) is 13.8 Å². The minimum atomic E-state index is -3.63. The molecule has 5 nitrogen and oxygen atoms in total. The molecule has 0 heterocycles. The summed E-state index contributed by atoms with van der Waals surface area (Å²) in [7, 11) is -3.63. The van der Waals surface area contributed by atoms with E-state index in [9.17, 15) is 13.2 Å². The molecule has 0 spiro atoms. The van der Waals surface area contributed by atoms with Gasteiger partial charge in [-0.3, -0.25) is 9.10 Å². The first-order chi connectivity index (χ1) is 12.1. The second kappa shape index (κ2) is 8.10. The Balaban J connectivity index is 2.32. The molecule has 140 valence electrons. The fourth-order valence-corrected chi connectivity index (χ4v) is 3.85. The van der Waals surface area contributed by atoms with Crippen LogP contribution >= 0.6 is 11.6 Å². The van der Waals surface area contributed by atoms with Crippen molar-refractivity contribution in [2.75, 3.05) is 22.4 Å². The summed E-state index contributed by atoms with van der Waals surface area (Å²) in [4.78, 5) is 12.5. The zero-order valence-corrected chi connectivity index (χ0v) is 16.9. The summed E-state index contributed by atoms with van der Waals surface area (Å²) < 4.78 is 25.9. The van der Waals surface area contributed by atoms with Gasteiger partial charge in [-0.25, -0.2) is 8.42 Å². The topological polar surface area (TPSA) is 66.5 Å². The standard InChI is InChI=1S/C19H23ClN2O3S/c1-5-15-8-6-7-14(3)19(15)22(26(4,24)25)12-18(23)21-16-10-9-13(2)17(20)11-16/h6-11H,5,12H2,1-4H3,(H,21,23). The largest absolute Gasteiger partial charge is 0.324 e. The van der Waals surface area contributed by atoms with Gasteiger partial charge in [-0.05, 0) is 49.1 Å². The molecule has 0 saturated heterocycles. The molecular weight excluding hydrogens is 372 g/mol. The molecule has 0 aliphatic carbocycles. The maximum Gasteiger partial charge on any atom is 0.245 e. The predicted molar refractivity (Wildman–Crippen MR) is 108 cm³/mol. The molecule has 1 amide bonds. The predicted octanol–water partition coefficient (Wildman–Crippen LogP) is 3.92. The summed E-state index contributed by atoms with van der Waals surface area (Å²) in [6.07, 6.45) is 1.77. The lowest BCUT2D eigenvalue weighted by Crippen LogP contribution is -2.38. The molecular formula is C19H23ClN2O3S. The van der Waals surface area contributed by atoms with Crippen molar-refractivity contribution in [3.05, 3.63) is 58.1 Å². The summed E-state index contributed by atoms with van der Waals surface area (Å²) in [6.45, 7) is 5.35.